The van der Waals surface area contributed by atoms with Gasteiger partial charge in [-0.2, -0.15) is 5.10 Å². The van der Waals surface area contributed by atoms with Gasteiger partial charge in [0.1, 0.15) is 5.82 Å². The van der Waals surface area contributed by atoms with E-state index in [9.17, 15) is 9.59 Å². The van der Waals surface area contributed by atoms with Crippen LogP contribution in [0.25, 0.3) is 0 Å². The van der Waals surface area contributed by atoms with Crippen LogP contribution in [-0.4, -0.2) is 21.6 Å². The number of aryl methyl sites for hydroxylation is 1. The van der Waals surface area contributed by atoms with Crippen molar-refractivity contribution in [2.75, 3.05) is 10.2 Å². The molecule has 7 heteroatoms. The number of hydrogen-bond donors (Lipinski definition) is 1. The summed E-state index contributed by atoms with van der Waals surface area (Å²) in [6, 6.07) is 13.9. The molecule has 3 aromatic rings. The first kappa shape index (κ1) is 20.9. The minimum atomic E-state index is -0.334. The Labute approximate surface area is 192 Å². The summed E-state index contributed by atoms with van der Waals surface area (Å²) in [6.07, 6.45) is 7.25. The zero-order chi connectivity index (χ0) is 22.1. The number of hydrogen-bond acceptors (Lipinski definition) is 4. The molecule has 32 heavy (non-hydrogen) atoms. The van der Waals surface area contributed by atoms with E-state index in [2.05, 4.69) is 10.4 Å². The molecule has 0 bridgehead atoms. The SMILES string of the molecule is Cc1ccc(N2C(=O)CC[C@@H](C(=O)Nc3ccnn3C3CCCC3)[C@H]2c2cccs2)cc1. The van der Waals surface area contributed by atoms with Gasteiger partial charge in [0.2, 0.25) is 11.8 Å². The first-order chi connectivity index (χ1) is 15.6. The van der Waals surface area contributed by atoms with Crippen molar-refractivity contribution in [2.24, 2.45) is 5.92 Å². The summed E-state index contributed by atoms with van der Waals surface area (Å²) in [5.41, 5.74) is 1.98. The molecule has 1 aliphatic carbocycles. The van der Waals surface area contributed by atoms with Crippen molar-refractivity contribution in [3.8, 4) is 0 Å². The topological polar surface area (TPSA) is 67.2 Å². The van der Waals surface area contributed by atoms with E-state index in [1.807, 2.05) is 64.4 Å². The highest BCUT2D eigenvalue weighted by Gasteiger charge is 2.42. The van der Waals surface area contributed by atoms with Crippen LogP contribution >= 0.6 is 11.3 Å². The van der Waals surface area contributed by atoms with Crippen LogP contribution in [0.3, 0.4) is 0 Å². The van der Waals surface area contributed by atoms with Gasteiger partial charge >= 0.3 is 0 Å². The number of rotatable bonds is 5. The lowest BCUT2D eigenvalue weighted by atomic mass is 9.86. The van der Waals surface area contributed by atoms with Crippen molar-refractivity contribution in [3.05, 3.63) is 64.5 Å². The molecular formula is C25H28N4O2S. The Morgan fingerprint density at radius 2 is 1.88 bits per heavy atom. The van der Waals surface area contributed by atoms with Gasteiger partial charge in [-0.3, -0.25) is 9.59 Å². The molecule has 1 aliphatic heterocycles. The lowest BCUT2D eigenvalue weighted by Crippen LogP contribution is -2.46. The Hall–Kier alpha value is -2.93. The Balaban J connectivity index is 1.46. The van der Waals surface area contributed by atoms with Crippen molar-refractivity contribution in [2.45, 2.75) is 57.5 Å². The average Bonchev–Trinajstić information content (AvgIpc) is 3.56. The molecule has 2 atom stereocenters. The van der Waals surface area contributed by atoms with E-state index in [4.69, 9.17) is 0 Å². The van der Waals surface area contributed by atoms with E-state index >= 15 is 0 Å². The van der Waals surface area contributed by atoms with Crippen LogP contribution < -0.4 is 10.2 Å². The van der Waals surface area contributed by atoms with Crippen LogP contribution in [0, 0.1) is 12.8 Å². The Kier molecular flexibility index (Phi) is 5.83. The van der Waals surface area contributed by atoms with Gasteiger partial charge in [-0.1, -0.05) is 36.6 Å². The second-order valence-electron chi connectivity index (χ2n) is 8.79. The predicted octanol–water partition coefficient (Wildman–Crippen LogP) is 5.49. The maximum absolute atomic E-state index is 13.6. The van der Waals surface area contributed by atoms with E-state index in [1.165, 1.54) is 12.8 Å². The van der Waals surface area contributed by atoms with E-state index in [1.54, 1.807) is 17.5 Å². The van der Waals surface area contributed by atoms with E-state index in [-0.39, 0.29) is 23.8 Å². The van der Waals surface area contributed by atoms with E-state index in [0.29, 0.717) is 18.9 Å². The average molecular weight is 449 g/mol. The standard InChI is InChI=1S/C25H28N4O2S/c1-17-8-10-18(11-9-17)28-23(30)13-12-20(24(28)21-7-4-16-32-21)25(31)27-22-14-15-26-29(22)19-5-2-3-6-19/h4,7-11,14-16,19-20,24H,2-3,5-6,12-13H2,1H3,(H,27,31)/t20-,24+/m1/s1. The summed E-state index contributed by atoms with van der Waals surface area (Å²) in [7, 11) is 0. The van der Waals surface area contributed by atoms with Crippen molar-refractivity contribution in [3.63, 3.8) is 0 Å². The molecule has 166 valence electrons. The summed E-state index contributed by atoms with van der Waals surface area (Å²) in [5, 5.41) is 9.65. The Morgan fingerprint density at radius 1 is 1.09 bits per heavy atom. The largest absolute Gasteiger partial charge is 0.311 e. The van der Waals surface area contributed by atoms with Crippen LogP contribution in [-0.2, 0) is 9.59 Å². The van der Waals surface area contributed by atoms with Crippen molar-refractivity contribution >= 4 is 34.7 Å². The monoisotopic (exact) mass is 448 g/mol. The number of carbonyl (C=O) groups excluding carboxylic acids is 2. The minimum Gasteiger partial charge on any atom is -0.311 e. The normalized spacial score (nSPS) is 21.8. The highest BCUT2D eigenvalue weighted by atomic mass is 32.1. The quantitative estimate of drug-likeness (QED) is 0.561. The number of piperidine rings is 1. The molecule has 1 saturated carbocycles. The highest BCUT2D eigenvalue weighted by Crippen LogP contribution is 2.42. The Bertz CT molecular complexity index is 1080. The lowest BCUT2D eigenvalue weighted by molar-refractivity contribution is -0.125. The van der Waals surface area contributed by atoms with Crippen LogP contribution in [0.2, 0.25) is 0 Å². The predicted molar refractivity (Wildman–Crippen MR) is 127 cm³/mol. The number of nitrogens with one attached hydrogen (secondary N) is 1. The van der Waals surface area contributed by atoms with Gasteiger partial charge in [0.25, 0.3) is 0 Å². The van der Waals surface area contributed by atoms with Gasteiger partial charge < -0.3 is 10.2 Å². The van der Waals surface area contributed by atoms with Gasteiger partial charge in [-0.25, -0.2) is 4.68 Å². The molecule has 1 saturated heterocycles. The maximum Gasteiger partial charge on any atom is 0.231 e. The molecule has 0 spiro atoms. The third kappa shape index (κ3) is 3.97. The maximum atomic E-state index is 13.6. The van der Waals surface area contributed by atoms with Crippen LogP contribution in [0.1, 0.15) is 61.0 Å². The summed E-state index contributed by atoms with van der Waals surface area (Å²) in [6.45, 7) is 2.03. The van der Waals surface area contributed by atoms with Crippen molar-refractivity contribution in [1.82, 2.24) is 9.78 Å². The summed E-state index contributed by atoms with van der Waals surface area (Å²) < 4.78 is 1.97. The number of nitrogens with zero attached hydrogens (tertiary/aromatic N) is 3. The fraction of sp³-hybridized carbons (Fsp3) is 0.400. The van der Waals surface area contributed by atoms with Gasteiger partial charge in [0.05, 0.1) is 24.2 Å². The van der Waals surface area contributed by atoms with Crippen LogP contribution in [0.4, 0.5) is 11.5 Å². The number of carbonyl (C=O) groups is 2. The lowest BCUT2D eigenvalue weighted by Gasteiger charge is -2.40. The van der Waals surface area contributed by atoms with Crippen LogP contribution in [0.5, 0.6) is 0 Å². The molecular weight excluding hydrogens is 420 g/mol. The third-order valence-electron chi connectivity index (χ3n) is 6.67. The Morgan fingerprint density at radius 3 is 2.59 bits per heavy atom. The highest BCUT2D eigenvalue weighted by molar-refractivity contribution is 7.10. The molecule has 2 amide bonds. The molecule has 2 fully saturated rings. The number of aromatic nitrogens is 2. The molecule has 1 N–H and O–H groups in total. The third-order valence-corrected chi connectivity index (χ3v) is 7.62. The molecule has 2 aliphatic rings. The van der Waals surface area contributed by atoms with Gasteiger partial charge in [-0.15, -0.1) is 11.3 Å². The number of anilines is 2. The van der Waals surface area contributed by atoms with Crippen molar-refractivity contribution in [1.29, 1.82) is 0 Å². The number of amides is 2. The van der Waals surface area contributed by atoms with E-state index in [0.717, 1.165) is 34.8 Å². The summed E-state index contributed by atoms with van der Waals surface area (Å²) >= 11 is 1.59. The molecule has 6 nitrogen and oxygen atoms in total. The number of thiophene rings is 1. The zero-order valence-corrected chi connectivity index (χ0v) is 19.1. The molecule has 1 aromatic carbocycles. The van der Waals surface area contributed by atoms with Gasteiger partial charge in [0, 0.05) is 23.1 Å². The summed E-state index contributed by atoms with van der Waals surface area (Å²) in [4.78, 5) is 29.5. The first-order valence-electron chi connectivity index (χ1n) is 11.4. The first-order valence-corrected chi connectivity index (χ1v) is 12.3. The van der Waals surface area contributed by atoms with Gasteiger partial charge in [-0.05, 0) is 49.8 Å². The molecule has 0 radical (unpaired) electrons. The van der Waals surface area contributed by atoms with Gasteiger partial charge in [0.15, 0.2) is 0 Å². The second kappa shape index (κ2) is 8.90. The second-order valence-corrected chi connectivity index (χ2v) is 9.77. The summed E-state index contributed by atoms with van der Waals surface area (Å²) in [5.74, 6) is 0.435. The van der Waals surface area contributed by atoms with E-state index < -0.39 is 0 Å². The molecule has 5 rings (SSSR count). The minimum absolute atomic E-state index is 0.0484. The number of benzene rings is 1. The molecule has 3 heterocycles. The molecule has 0 unspecified atom stereocenters. The smallest absolute Gasteiger partial charge is 0.231 e. The van der Waals surface area contributed by atoms with Crippen LogP contribution in [0.15, 0.2) is 54.0 Å². The molecule has 2 aromatic heterocycles. The zero-order valence-electron chi connectivity index (χ0n) is 18.2. The van der Waals surface area contributed by atoms with Crippen molar-refractivity contribution < 1.29 is 9.59 Å². The fourth-order valence-electron chi connectivity index (χ4n) is 5.03. The fourth-order valence-corrected chi connectivity index (χ4v) is 5.91.